The minimum absolute atomic E-state index is 0.0808. The SMILES string of the molecule is C=CCC(CCc1ccccc1)C(N)=O. The molecule has 80 valence electrons. The zero-order chi connectivity index (χ0) is 11.1. The van der Waals surface area contributed by atoms with E-state index in [0.29, 0.717) is 6.42 Å². The van der Waals surface area contributed by atoms with Crippen molar-refractivity contribution in [2.24, 2.45) is 11.7 Å². The van der Waals surface area contributed by atoms with Crippen LogP contribution in [0.1, 0.15) is 18.4 Å². The van der Waals surface area contributed by atoms with Gasteiger partial charge in [0, 0.05) is 5.92 Å². The minimum atomic E-state index is -0.231. The van der Waals surface area contributed by atoms with Gasteiger partial charge in [-0.15, -0.1) is 6.58 Å². The zero-order valence-corrected chi connectivity index (χ0v) is 8.86. The largest absolute Gasteiger partial charge is 0.369 e. The number of carbonyl (C=O) groups is 1. The summed E-state index contributed by atoms with van der Waals surface area (Å²) < 4.78 is 0. The minimum Gasteiger partial charge on any atom is -0.369 e. The van der Waals surface area contributed by atoms with Crippen LogP contribution in [0.4, 0.5) is 0 Å². The second-order valence-corrected chi connectivity index (χ2v) is 3.65. The van der Waals surface area contributed by atoms with Crippen LogP contribution in [0.15, 0.2) is 43.0 Å². The lowest BCUT2D eigenvalue weighted by molar-refractivity contribution is -0.121. The summed E-state index contributed by atoms with van der Waals surface area (Å²) in [6, 6.07) is 10.1. The van der Waals surface area contributed by atoms with Crippen molar-refractivity contribution in [2.75, 3.05) is 0 Å². The fourth-order valence-electron chi connectivity index (χ4n) is 1.56. The number of amides is 1. The molecule has 1 aromatic carbocycles. The fraction of sp³-hybridized carbons (Fsp3) is 0.308. The number of benzene rings is 1. The molecule has 2 heteroatoms. The van der Waals surface area contributed by atoms with E-state index in [1.807, 2.05) is 18.2 Å². The van der Waals surface area contributed by atoms with Gasteiger partial charge in [-0.1, -0.05) is 36.4 Å². The molecule has 0 aliphatic rings. The highest BCUT2D eigenvalue weighted by molar-refractivity contribution is 5.76. The summed E-state index contributed by atoms with van der Waals surface area (Å²) in [5.41, 5.74) is 6.54. The normalized spacial score (nSPS) is 12.0. The Balaban J connectivity index is 2.47. The van der Waals surface area contributed by atoms with Gasteiger partial charge in [0.1, 0.15) is 0 Å². The Morgan fingerprint density at radius 3 is 2.60 bits per heavy atom. The predicted octanol–water partition coefficient (Wildman–Crippen LogP) is 2.30. The first-order valence-electron chi connectivity index (χ1n) is 5.18. The molecule has 0 heterocycles. The molecule has 1 amide bonds. The van der Waals surface area contributed by atoms with Crippen LogP contribution >= 0.6 is 0 Å². The average molecular weight is 203 g/mol. The number of aryl methyl sites for hydroxylation is 1. The van der Waals surface area contributed by atoms with Crippen molar-refractivity contribution in [3.63, 3.8) is 0 Å². The van der Waals surface area contributed by atoms with Crippen LogP contribution < -0.4 is 5.73 Å². The Hall–Kier alpha value is -1.57. The van der Waals surface area contributed by atoms with Gasteiger partial charge in [0.25, 0.3) is 0 Å². The third-order valence-corrected chi connectivity index (χ3v) is 2.48. The van der Waals surface area contributed by atoms with Gasteiger partial charge in [0.2, 0.25) is 5.91 Å². The lowest BCUT2D eigenvalue weighted by Crippen LogP contribution is -2.23. The summed E-state index contributed by atoms with van der Waals surface area (Å²) in [5.74, 6) is -0.312. The molecule has 2 nitrogen and oxygen atoms in total. The highest BCUT2D eigenvalue weighted by atomic mass is 16.1. The molecule has 0 aliphatic heterocycles. The third-order valence-electron chi connectivity index (χ3n) is 2.48. The third kappa shape index (κ3) is 3.98. The van der Waals surface area contributed by atoms with E-state index in [9.17, 15) is 4.79 Å². The maximum Gasteiger partial charge on any atom is 0.220 e. The first-order chi connectivity index (χ1) is 7.24. The van der Waals surface area contributed by atoms with Gasteiger partial charge in [-0.25, -0.2) is 0 Å². The molecule has 0 saturated heterocycles. The highest BCUT2D eigenvalue weighted by Crippen LogP contribution is 2.13. The van der Waals surface area contributed by atoms with Crippen molar-refractivity contribution >= 4 is 5.91 Å². The molecule has 0 aromatic heterocycles. The Labute approximate surface area is 90.8 Å². The van der Waals surface area contributed by atoms with Gasteiger partial charge in [0.15, 0.2) is 0 Å². The van der Waals surface area contributed by atoms with Crippen LogP contribution in [0.3, 0.4) is 0 Å². The van der Waals surface area contributed by atoms with E-state index in [0.717, 1.165) is 12.8 Å². The van der Waals surface area contributed by atoms with Gasteiger partial charge >= 0.3 is 0 Å². The van der Waals surface area contributed by atoms with Crippen LogP contribution in [0.5, 0.6) is 0 Å². The van der Waals surface area contributed by atoms with E-state index in [1.165, 1.54) is 5.56 Å². The molecular formula is C13H17NO. The van der Waals surface area contributed by atoms with Crippen LogP contribution in [0.25, 0.3) is 0 Å². The van der Waals surface area contributed by atoms with Crippen molar-refractivity contribution < 1.29 is 4.79 Å². The zero-order valence-electron chi connectivity index (χ0n) is 8.86. The van der Waals surface area contributed by atoms with Gasteiger partial charge in [-0.2, -0.15) is 0 Å². The van der Waals surface area contributed by atoms with Crippen molar-refractivity contribution in [3.05, 3.63) is 48.6 Å². The monoisotopic (exact) mass is 203 g/mol. The molecule has 0 fully saturated rings. The number of carbonyl (C=O) groups excluding carboxylic acids is 1. The summed E-state index contributed by atoms with van der Waals surface area (Å²) in [6.45, 7) is 3.63. The molecule has 0 saturated carbocycles. The standard InChI is InChI=1S/C13H17NO/c1-2-6-12(13(14)15)10-9-11-7-4-3-5-8-11/h2-5,7-8,12H,1,6,9-10H2,(H2,14,15). The molecule has 2 N–H and O–H groups in total. The summed E-state index contributed by atoms with van der Waals surface area (Å²) in [5, 5.41) is 0. The summed E-state index contributed by atoms with van der Waals surface area (Å²) in [6.07, 6.45) is 4.11. The van der Waals surface area contributed by atoms with Crippen molar-refractivity contribution in [1.29, 1.82) is 0 Å². The number of nitrogens with two attached hydrogens (primary N) is 1. The smallest absolute Gasteiger partial charge is 0.220 e. The van der Waals surface area contributed by atoms with Crippen LogP contribution in [-0.2, 0) is 11.2 Å². The van der Waals surface area contributed by atoms with E-state index >= 15 is 0 Å². The van der Waals surface area contributed by atoms with E-state index in [4.69, 9.17) is 5.73 Å². The van der Waals surface area contributed by atoms with E-state index in [1.54, 1.807) is 6.08 Å². The van der Waals surface area contributed by atoms with Crippen molar-refractivity contribution in [2.45, 2.75) is 19.3 Å². The maximum atomic E-state index is 11.1. The van der Waals surface area contributed by atoms with Gasteiger partial charge in [-0.05, 0) is 24.8 Å². The van der Waals surface area contributed by atoms with Crippen molar-refractivity contribution in [1.82, 2.24) is 0 Å². The highest BCUT2D eigenvalue weighted by Gasteiger charge is 2.12. The summed E-state index contributed by atoms with van der Waals surface area (Å²) in [7, 11) is 0. The second-order valence-electron chi connectivity index (χ2n) is 3.65. The number of hydrogen-bond acceptors (Lipinski definition) is 1. The Kier molecular flexibility index (Phi) is 4.61. The lowest BCUT2D eigenvalue weighted by atomic mass is 9.96. The summed E-state index contributed by atoms with van der Waals surface area (Å²) in [4.78, 5) is 11.1. The Bertz CT molecular complexity index is 319. The number of rotatable bonds is 6. The van der Waals surface area contributed by atoms with Gasteiger partial charge in [0.05, 0.1) is 0 Å². The molecule has 15 heavy (non-hydrogen) atoms. The molecule has 0 radical (unpaired) electrons. The predicted molar refractivity (Wildman–Crippen MR) is 62.3 cm³/mol. The molecule has 0 spiro atoms. The molecule has 1 aromatic rings. The van der Waals surface area contributed by atoms with Gasteiger partial charge < -0.3 is 5.73 Å². The molecule has 0 bridgehead atoms. The number of primary amides is 1. The van der Waals surface area contributed by atoms with E-state index < -0.39 is 0 Å². The van der Waals surface area contributed by atoms with E-state index in [-0.39, 0.29) is 11.8 Å². The van der Waals surface area contributed by atoms with Crippen LogP contribution in [0, 0.1) is 5.92 Å². The second kappa shape index (κ2) is 6.02. The molecule has 1 rings (SSSR count). The summed E-state index contributed by atoms with van der Waals surface area (Å²) >= 11 is 0. The number of hydrogen-bond donors (Lipinski definition) is 1. The Morgan fingerprint density at radius 2 is 2.07 bits per heavy atom. The lowest BCUT2D eigenvalue weighted by Gasteiger charge is -2.10. The first kappa shape index (κ1) is 11.5. The first-order valence-corrected chi connectivity index (χ1v) is 5.18. The number of allylic oxidation sites excluding steroid dienone is 1. The molecule has 0 aliphatic carbocycles. The van der Waals surface area contributed by atoms with Gasteiger partial charge in [-0.3, -0.25) is 4.79 Å². The topological polar surface area (TPSA) is 43.1 Å². The molecular weight excluding hydrogens is 186 g/mol. The Morgan fingerprint density at radius 1 is 1.40 bits per heavy atom. The quantitative estimate of drug-likeness (QED) is 0.708. The average Bonchev–Trinajstić information content (AvgIpc) is 2.25. The molecule has 1 unspecified atom stereocenters. The fourth-order valence-corrected chi connectivity index (χ4v) is 1.56. The van der Waals surface area contributed by atoms with Crippen LogP contribution in [0.2, 0.25) is 0 Å². The van der Waals surface area contributed by atoms with Crippen molar-refractivity contribution in [3.8, 4) is 0 Å². The van der Waals surface area contributed by atoms with Crippen LogP contribution in [-0.4, -0.2) is 5.91 Å². The van der Waals surface area contributed by atoms with E-state index in [2.05, 4.69) is 18.7 Å². The maximum absolute atomic E-state index is 11.1. The molecule has 1 atom stereocenters.